The molecule has 0 radical (unpaired) electrons. The second-order valence-corrected chi connectivity index (χ2v) is 3.25. The molecule has 0 saturated heterocycles. The third kappa shape index (κ3) is 1.49. The van der Waals surface area contributed by atoms with Crippen molar-refractivity contribution in [3.05, 3.63) is 11.3 Å². The molecular weight excluding hydrogens is 206 g/mol. The van der Waals surface area contributed by atoms with Gasteiger partial charge >= 0.3 is 6.01 Å². The number of hydrogen-bond donors (Lipinski definition) is 0. The molecule has 0 amide bonds. The normalized spacial score (nSPS) is 17.3. The molecule has 0 atom stereocenters. The maximum absolute atomic E-state index is 13.4. The zero-order valence-corrected chi connectivity index (χ0v) is 8.38. The Hall–Kier alpha value is -1.46. The van der Waals surface area contributed by atoms with Crippen molar-refractivity contribution < 1.29 is 18.3 Å². The molecule has 0 aliphatic heterocycles. The molecule has 1 aromatic heterocycles. The van der Waals surface area contributed by atoms with Gasteiger partial charge in [0.1, 0.15) is 5.69 Å². The SMILES string of the molecule is COc1nc(OC)c2c(n1)C(F)(F)CC2. The van der Waals surface area contributed by atoms with Gasteiger partial charge in [-0.3, -0.25) is 0 Å². The molecule has 0 fully saturated rings. The minimum Gasteiger partial charge on any atom is -0.481 e. The molecule has 1 aliphatic carbocycles. The van der Waals surface area contributed by atoms with E-state index in [0.29, 0.717) is 5.56 Å². The van der Waals surface area contributed by atoms with Crippen molar-refractivity contribution >= 4 is 0 Å². The topological polar surface area (TPSA) is 44.2 Å². The van der Waals surface area contributed by atoms with Crippen molar-refractivity contribution in [2.75, 3.05) is 14.2 Å². The summed E-state index contributed by atoms with van der Waals surface area (Å²) in [6, 6.07) is -0.0906. The van der Waals surface area contributed by atoms with E-state index < -0.39 is 5.92 Å². The van der Waals surface area contributed by atoms with Crippen LogP contribution in [0.5, 0.6) is 11.9 Å². The van der Waals surface area contributed by atoms with Crippen molar-refractivity contribution in [3.8, 4) is 11.9 Å². The van der Waals surface area contributed by atoms with Crippen molar-refractivity contribution in [2.45, 2.75) is 18.8 Å². The van der Waals surface area contributed by atoms with E-state index in [4.69, 9.17) is 9.47 Å². The number of nitrogens with zero attached hydrogens (tertiary/aromatic N) is 2. The summed E-state index contributed by atoms with van der Waals surface area (Å²) in [6.45, 7) is 0. The number of alkyl halides is 2. The van der Waals surface area contributed by atoms with E-state index in [1.165, 1.54) is 14.2 Å². The van der Waals surface area contributed by atoms with E-state index in [2.05, 4.69) is 9.97 Å². The molecule has 1 aromatic rings. The van der Waals surface area contributed by atoms with Crippen LogP contribution in [0.4, 0.5) is 8.78 Å². The third-order valence-electron chi connectivity index (χ3n) is 2.36. The summed E-state index contributed by atoms with van der Waals surface area (Å²) >= 11 is 0. The molecule has 82 valence electrons. The number of ether oxygens (including phenoxy) is 2. The number of methoxy groups -OCH3 is 2. The van der Waals surface area contributed by atoms with Gasteiger partial charge < -0.3 is 9.47 Å². The van der Waals surface area contributed by atoms with Crippen LogP contribution in [0.1, 0.15) is 17.7 Å². The Labute approximate surface area is 85.2 Å². The number of hydrogen-bond acceptors (Lipinski definition) is 4. The van der Waals surface area contributed by atoms with Gasteiger partial charge in [0.05, 0.1) is 14.2 Å². The average Bonchev–Trinajstić information content (AvgIpc) is 2.54. The largest absolute Gasteiger partial charge is 0.481 e. The lowest BCUT2D eigenvalue weighted by molar-refractivity contribution is -0.00650. The highest BCUT2D eigenvalue weighted by molar-refractivity contribution is 5.38. The van der Waals surface area contributed by atoms with E-state index in [1.54, 1.807) is 0 Å². The van der Waals surface area contributed by atoms with Crippen LogP contribution in [0.15, 0.2) is 0 Å². The highest BCUT2D eigenvalue weighted by atomic mass is 19.3. The van der Waals surface area contributed by atoms with Crippen LogP contribution < -0.4 is 9.47 Å². The van der Waals surface area contributed by atoms with Gasteiger partial charge in [-0.15, -0.1) is 0 Å². The van der Waals surface area contributed by atoms with Crippen LogP contribution in [0.25, 0.3) is 0 Å². The predicted molar refractivity (Wildman–Crippen MR) is 47.4 cm³/mol. The summed E-state index contributed by atoms with van der Waals surface area (Å²) in [6.07, 6.45) is -0.0178. The number of rotatable bonds is 2. The summed E-state index contributed by atoms with van der Waals surface area (Å²) < 4.78 is 36.4. The lowest BCUT2D eigenvalue weighted by Crippen LogP contribution is -2.11. The quantitative estimate of drug-likeness (QED) is 0.752. The fraction of sp³-hybridized carbons (Fsp3) is 0.556. The van der Waals surface area contributed by atoms with Crippen molar-refractivity contribution in [3.63, 3.8) is 0 Å². The van der Waals surface area contributed by atoms with Crippen LogP contribution in [-0.4, -0.2) is 24.2 Å². The molecule has 15 heavy (non-hydrogen) atoms. The number of fused-ring (bicyclic) bond motifs is 1. The number of aromatic nitrogens is 2. The van der Waals surface area contributed by atoms with Crippen molar-refractivity contribution in [1.82, 2.24) is 9.97 Å². The smallest absolute Gasteiger partial charge is 0.319 e. The van der Waals surface area contributed by atoms with Crippen LogP contribution in [0.3, 0.4) is 0 Å². The Kier molecular flexibility index (Phi) is 2.21. The zero-order chi connectivity index (χ0) is 11.1. The highest BCUT2D eigenvalue weighted by Crippen LogP contribution is 2.43. The standard InChI is InChI=1S/C9H10F2N2O2/c1-14-7-5-3-4-9(10,11)6(5)12-8(13-7)15-2/h3-4H2,1-2H3. The Balaban J connectivity index is 2.59. The minimum absolute atomic E-state index is 0.0906. The van der Waals surface area contributed by atoms with Crippen LogP contribution in [0.2, 0.25) is 0 Å². The first-order valence-corrected chi connectivity index (χ1v) is 4.45. The van der Waals surface area contributed by atoms with Crippen molar-refractivity contribution in [2.24, 2.45) is 0 Å². The molecule has 0 spiro atoms. The molecular formula is C9H10F2N2O2. The van der Waals surface area contributed by atoms with Crippen molar-refractivity contribution in [1.29, 1.82) is 0 Å². The molecule has 0 unspecified atom stereocenters. The third-order valence-corrected chi connectivity index (χ3v) is 2.36. The average molecular weight is 216 g/mol. The second-order valence-electron chi connectivity index (χ2n) is 3.25. The van der Waals surface area contributed by atoms with Gasteiger partial charge in [0.2, 0.25) is 5.88 Å². The lowest BCUT2D eigenvalue weighted by Gasteiger charge is -2.11. The number of halogens is 2. The van der Waals surface area contributed by atoms with Gasteiger partial charge in [-0.1, -0.05) is 0 Å². The fourth-order valence-electron chi connectivity index (χ4n) is 1.63. The molecule has 2 rings (SSSR count). The molecule has 0 saturated carbocycles. The van der Waals surface area contributed by atoms with E-state index in [9.17, 15) is 8.78 Å². The summed E-state index contributed by atoms with van der Waals surface area (Å²) in [7, 11) is 2.72. The predicted octanol–water partition coefficient (Wildman–Crippen LogP) is 1.53. The summed E-state index contributed by atoms with van der Waals surface area (Å²) in [4.78, 5) is 7.53. The molecule has 0 bridgehead atoms. The van der Waals surface area contributed by atoms with Crippen LogP contribution in [0, 0.1) is 0 Å². The van der Waals surface area contributed by atoms with E-state index in [-0.39, 0.29) is 30.4 Å². The maximum atomic E-state index is 13.4. The van der Waals surface area contributed by atoms with Gasteiger partial charge in [0.15, 0.2) is 0 Å². The molecule has 1 aliphatic rings. The van der Waals surface area contributed by atoms with Gasteiger partial charge in [-0.25, -0.2) is 0 Å². The molecule has 0 N–H and O–H groups in total. The van der Waals surface area contributed by atoms with Crippen LogP contribution in [-0.2, 0) is 12.3 Å². The van der Waals surface area contributed by atoms with E-state index in [0.717, 1.165) is 0 Å². The molecule has 1 heterocycles. The highest BCUT2D eigenvalue weighted by Gasteiger charge is 2.43. The summed E-state index contributed by atoms with van der Waals surface area (Å²) in [5.74, 6) is -2.73. The van der Waals surface area contributed by atoms with Crippen LogP contribution >= 0.6 is 0 Å². The molecule has 4 nitrogen and oxygen atoms in total. The second kappa shape index (κ2) is 3.29. The monoisotopic (exact) mass is 216 g/mol. The van der Waals surface area contributed by atoms with Gasteiger partial charge in [0.25, 0.3) is 5.92 Å². The Morgan fingerprint density at radius 1 is 1.20 bits per heavy atom. The fourth-order valence-corrected chi connectivity index (χ4v) is 1.63. The molecule has 0 aromatic carbocycles. The molecule has 6 heteroatoms. The maximum Gasteiger partial charge on any atom is 0.319 e. The Morgan fingerprint density at radius 3 is 2.53 bits per heavy atom. The van der Waals surface area contributed by atoms with E-state index in [1.807, 2.05) is 0 Å². The summed E-state index contributed by atoms with van der Waals surface area (Å²) in [5.41, 5.74) is 0.106. The van der Waals surface area contributed by atoms with Gasteiger partial charge in [-0.05, 0) is 6.42 Å². The zero-order valence-electron chi connectivity index (χ0n) is 8.38. The minimum atomic E-state index is -2.90. The van der Waals surface area contributed by atoms with Gasteiger partial charge in [0, 0.05) is 12.0 Å². The Morgan fingerprint density at radius 2 is 1.93 bits per heavy atom. The first-order chi connectivity index (χ1) is 7.08. The Bertz CT molecular complexity index is 396. The first-order valence-electron chi connectivity index (χ1n) is 4.45. The lowest BCUT2D eigenvalue weighted by atomic mass is 10.2. The van der Waals surface area contributed by atoms with E-state index >= 15 is 0 Å². The summed E-state index contributed by atoms with van der Waals surface area (Å²) in [5, 5.41) is 0. The van der Waals surface area contributed by atoms with Gasteiger partial charge in [-0.2, -0.15) is 18.7 Å². The first kappa shape index (κ1) is 10.1.